The Bertz CT molecular complexity index is 845. The zero-order chi connectivity index (χ0) is 15.5. The van der Waals surface area contributed by atoms with Crippen LogP contribution in [0.25, 0.3) is 15.9 Å². The molecule has 0 aromatic carbocycles. The number of aromatic nitrogens is 3. The van der Waals surface area contributed by atoms with E-state index in [9.17, 15) is 4.79 Å². The Morgan fingerprint density at radius 3 is 2.77 bits per heavy atom. The van der Waals surface area contributed by atoms with Crippen molar-refractivity contribution < 1.29 is 9.78 Å². The quantitative estimate of drug-likeness (QED) is 0.856. The summed E-state index contributed by atoms with van der Waals surface area (Å²) in [5.41, 5.74) is 1.74. The van der Waals surface area contributed by atoms with Crippen molar-refractivity contribution in [3.8, 4) is 0 Å². The summed E-state index contributed by atoms with van der Waals surface area (Å²) in [7, 11) is 1.71. The smallest absolute Gasteiger partial charge is 0.291 e. The maximum atomic E-state index is 11.4. The van der Waals surface area contributed by atoms with Crippen molar-refractivity contribution in [3.05, 3.63) is 54.6 Å². The molecule has 0 aliphatic heterocycles. The first-order chi connectivity index (χ1) is 10.6. The summed E-state index contributed by atoms with van der Waals surface area (Å²) >= 11 is 1.40. The highest BCUT2D eigenvalue weighted by atomic mass is 32.1. The van der Waals surface area contributed by atoms with Crippen molar-refractivity contribution >= 4 is 38.3 Å². The van der Waals surface area contributed by atoms with Gasteiger partial charge >= 0.3 is 5.82 Å². The van der Waals surface area contributed by atoms with E-state index in [0.29, 0.717) is 5.13 Å². The van der Waals surface area contributed by atoms with Gasteiger partial charge in [0.05, 0.1) is 5.57 Å². The third-order valence-electron chi connectivity index (χ3n) is 3.21. The first-order valence-corrected chi connectivity index (χ1v) is 7.62. The van der Waals surface area contributed by atoms with Crippen molar-refractivity contribution in [3.63, 3.8) is 0 Å². The number of H-pyrrole nitrogens is 1. The van der Waals surface area contributed by atoms with Crippen LogP contribution in [0.4, 0.5) is 5.13 Å². The minimum absolute atomic E-state index is 0.0501. The minimum Gasteiger partial charge on any atom is -0.291 e. The normalized spacial score (nSPS) is 13.8. The van der Waals surface area contributed by atoms with Crippen LogP contribution in [-0.2, 0) is 4.79 Å². The molecule has 2 heterocycles. The lowest BCUT2D eigenvalue weighted by Gasteiger charge is -2.08. The fourth-order valence-corrected chi connectivity index (χ4v) is 2.84. The van der Waals surface area contributed by atoms with Gasteiger partial charge in [-0.25, -0.2) is 9.97 Å². The number of aromatic amines is 1. The molecular formula is C16H15N4OS+. The second-order valence-corrected chi connectivity index (χ2v) is 5.72. The number of amides is 1. The largest absolute Gasteiger partial charge is 0.329 e. The van der Waals surface area contributed by atoms with E-state index < -0.39 is 0 Å². The molecule has 0 bridgehead atoms. The number of thiazole rings is 1. The molecule has 0 saturated carbocycles. The van der Waals surface area contributed by atoms with Crippen LogP contribution in [0.1, 0.15) is 12.7 Å². The molecule has 0 fully saturated rings. The Balaban J connectivity index is 2.01. The predicted molar refractivity (Wildman–Crippen MR) is 88.5 cm³/mol. The van der Waals surface area contributed by atoms with Crippen LogP contribution >= 0.6 is 11.3 Å². The summed E-state index contributed by atoms with van der Waals surface area (Å²) in [4.78, 5) is 26.0. The first-order valence-electron chi connectivity index (χ1n) is 6.81. The lowest BCUT2D eigenvalue weighted by atomic mass is 10.1. The molecule has 1 N–H and O–H groups in total. The van der Waals surface area contributed by atoms with Crippen LogP contribution in [0.15, 0.2) is 48.7 Å². The maximum Gasteiger partial charge on any atom is 0.329 e. The summed E-state index contributed by atoms with van der Waals surface area (Å²) in [6, 6.07) is 0. The molecule has 0 atom stereocenters. The zero-order valence-electron chi connectivity index (χ0n) is 12.3. The molecule has 0 radical (unpaired) electrons. The number of rotatable bonds is 2. The van der Waals surface area contributed by atoms with Gasteiger partial charge in [0.2, 0.25) is 5.91 Å². The van der Waals surface area contributed by atoms with Crippen molar-refractivity contribution in [2.75, 3.05) is 11.9 Å². The number of hydrogen-bond donors (Lipinski definition) is 0. The van der Waals surface area contributed by atoms with E-state index in [1.54, 1.807) is 7.05 Å². The first kappa shape index (κ1) is 14.3. The van der Waals surface area contributed by atoms with Gasteiger partial charge in [0.25, 0.3) is 4.83 Å². The van der Waals surface area contributed by atoms with E-state index in [2.05, 4.69) is 15.0 Å². The summed E-state index contributed by atoms with van der Waals surface area (Å²) in [5.74, 6) is 0.718. The molecule has 1 aliphatic carbocycles. The molecule has 0 unspecified atom stereocenters. The molecule has 1 amide bonds. The number of hydrogen-bond acceptors (Lipinski definition) is 4. The van der Waals surface area contributed by atoms with E-state index in [1.807, 2.05) is 48.7 Å². The monoisotopic (exact) mass is 311 g/mol. The number of nitrogens with zero attached hydrogens (tertiary/aromatic N) is 3. The van der Waals surface area contributed by atoms with Crippen LogP contribution in [0.2, 0.25) is 0 Å². The minimum atomic E-state index is -0.0501. The number of carbonyl (C=O) groups is 1. The van der Waals surface area contributed by atoms with E-state index in [4.69, 9.17) is 0 Å². The molecule has 0 saturated heterocycles. The standard InChI is InChI=1S/C16H14N4OS/c1-11(21)20(2)16-18-13-10-17-14(19-15(13)22-16)12-8-6-4-3-5-7-9-12/h3-10H,1-2H3/p+1. The molecule has 1 aliphatic rings. The molecule has 6 heteroatoms. The van der Waals surface area contributed by atoms with E-state index in [0.717, 1.165) is 21.7 Å². The Hall–Kier alpha value is -2.60. The fourth-order valence-electron chi connectivity index (χ4n) is 1.91. The highest BCUT2D eigenvalue weighted by molar-refractivity contribution is 7.22. The van der Waals surface area contributed by atoms with Crippen LogP contribution in [-0.4, -0.2) is 22.9 Å². The second-order valence-electron chi connectivity index (χ2n) is 4.76. The molecule has 5 nitrogen and oxygen atoms in total. The summed E-state index contributed by atoms with van der Waals surface area (Å²) in [6.07, 6.45) is 15.6. The van der Waals surface area contributed by atoms with Crippen molar-refractivity contribution in [1.29, 1.82) is 0 Å². The van der Waals surface area contributed by atoms with Gasteiger partial charge in [0.15, 0.2) is 10.6 Å². The number of allylic oxidation sites excluding steroid dienone is 8. The third kappa shape index (κ3) is 2.87. The van der Waals surface area contributed by atoms with Crippen LogP contribution < -0.4 is 9.88 Å². The molecule has 22 heavy (non-hydrogen) atoms. The average molecular weight is 311 g/mol. The number of nitrogens with one attached hydrogen (secondary N) is 1. The number of fused-ring (bicyclic) bond motifs is 1. The van der Waals surface area contributed by atoms with Gasteiger partial charge in [-0.15, -0.1) is 0 Å². The van der Waals surface area contributed by atoms with Gasteiger partial charge in [-0.2, -0.15) is 0 Å². The molecule has 2 aromatic rings. The molecule has 3 rings (SSSR count). The Morgan fingerprint density at radius 1 is 1.18 bits per heavy atom. The van der Waals surface area contributed by atoms with Crippen LogP contribution in [0.5, 0.6) is 0 Å². The Morgan fingerprint density at radius 2 is 1.95 bits per heavy atom. The highest BCUT2D eigenvalue weighted by Crippen LogP contribution is 2.26. The zero-order valence-corrected chi connectivity index (χ0v) is 13.1. The molecular weight excluding hydrogens is 296 g/mol. The van der Waals surface area contributed by atoms with E-state index >= 15 is 0 Å². The Kier molecular flexibility index (Phi) is 3.93. The predicted octanol–water partition coefficient (Wildman–Crippen LogP) is 2.55. The van der Waals surface area contributed by atoms with Crippen molar-refractivity contribution in [2.24, 2.45) is 0 Å². The van der Waals surface area contributed by atoms with Crippen LogP contribution in [0, 0.1) is 0 Å². The average Bonchev–Trinajstić information content (AvgIpc) is 2.88. The van der Waals surface area contributed by atoms with Gasteiger partial charge in [0.1, 0.15) is 6.20 Å². The maximum absolute atomic E-state index is 11.4. The lowest BCUT2D eigenvalue weighted by molar-refractivity contribution is -0.384. The second kappa shape index (κ2) is 6.03. The van der Waals surface area contributed by atoms with Gasteiger partial charge in [0, 0.05) is 14.0 Å². The van der Waals surface area contributed by atoms with E-state index in [1.165, 1.54) is 23.2 Å². The van der Waals surface area contributed by atoms with Gasteiger partial charge in [-0.1, -0.05) is 30.4 Å². The number of carbonyl (C=O) groups excluding carboxylic acids is 1. The summed E-state index contributed by atoms with van der Waals surface area (Å²) < 4.78 is 0. The Labute approximate surface area is 132 Å². The molecule has 110 valence electrons. The van der Waals surface area contributed by atoms with Crippen LogP contribution in [0.3, 0.4) is 0 Å². The van der Waals surface area contributed by atoms with Crippen molar-refractivity contribution in [1.82, 2.24) is 9.97 Å². The van der Waals surface area contributed by atoms with E-state index in [-0.39, 0.29) is 5.91 Å². The van der Waals surface area contributed by atoms with Crippen molar-refractivity contribution in [2.45, 2.75) is 6.92 Å². The van der Waals surface area contributed by atoms with Gasteiger partial charge < -0.3 is 0 Å². The summed E-state index contributed by atoms with van der Waals surface area (Å²) in [5, 5.41) is 0.644. The molecule has 0 spiro atoms. The van der Waals surface area contributed by atoms with Gasteiger partial charge in [-0.05, 0) is 28.5 Å². The van der Waals surface area contributed by atoms with Gasteiger partial charge in [-0.3, -0.25) is 9.69 Å². The SMILES string of the molecule is CC(=O)N(C)c1nc2c[nH+]c(C3=CC=CC=CC=C3)nc2s1. The number of anilines is 1. The lowest BCUT2D eigenvalue weighted by Crippen LogP contribution is -2.22. The fraction of sp³-hybridized carbons (Fsp3) is 0.125. The third-order valence-corrected chi connectivity index (χ3v) is 4.25. The highest BCUT2D eigenvalue weighted by Gasteiger charge is 2.18. The summed E-state index contributed by atoms with van der Waals surface area (Å²) in [6.45, 7) is 1.51. The molecule has 2 aromatic heterocycles. The topological polar surface area (TPSA) is 60.2 Å².